The standard InChI is InChI=1S/C20H33N5O2/c1-5-16-7-6-8-17(15-16)23-18(21)22-9-10-24-11-13-25(14-12-24)19(26)27-20(2,3)4/h6-8,15H,5,9-14H2,1-4H3,(H3,21,22,23). The molecule has 1 aromatic rings. The average molecular weight is 376 g/mol. The van der Waals surface area contributed by atoms with Gasteiger partial charge in [-0.2, -0.15) is 0 Å². The third kappa shape index (κ3) is 7.46. The Morgan fingerprint density at radius 3 is 2.59 bits per heavy atom. The summed E-state index contributed by atoms with van der Waals surface area (Å²) in [6, 6.07) is 8.17. The Morgan fingerprint density at radius 2 is 1.96 bits per heavy atom. The van der Waals surface area contributed by atoms with Crippen molar-refractivity contribution in [2.24, 2.45) is 10.7 Å². The third-order valence-electron chi connectivity index (χ3n) is 4.33. The highest BCUT2D eigenvalue weighted by molar-refractivity contribution is 5.92. The number of hydrogen-bond donors (Lipinski definition) is 2. The van der Waals surface area contributed by atoms with E-state index in [1.54, 1.807) is 4.90 Å². The molecule has 0 aromatic heterocycles. The van der Waals surface area contributed by atoms with Crippen LogP contribution in [0, 0.1) is 0 Å². The monoisotopic (exact) mass is 375 g/mol. The summed E-state index contributed by atoms with van der Waals surface area (Å²) >= 11 is 0. The second kappa shape index (κ2) is 9.60. The number of anilines is 1. The molecule has 27 heavy (non-hydrogen) atoms. The number of aliphatic imine (C=N–C) groups is 1. The van der Waals surface area contributed by atoms with Crippen molar-refractivity contribution >= 4 is 17.7 Å². The maximum absolute atomic E-state index is 12.1. The summed E-state index contributed by atoms with van der Waals surface area (Å²) in [5.74, 6) is 0.427. The van der Waals surface area contributed by atoms with Crippen molar-refractivity contribution in [3.63, 3.8) is 0 Å². The van der Waals surface area contributed by atoms with Crippen LogP contribution >= 0.6 is 0 Å². The molecule has 0 unspecified atom stereocenters. The topological polar surface area (TPSA) is 83.2 Å². The third-order valence-corrected chi connectivity index (χ3v) is 4.33. The molecule has 1 fully saturated rings. The van der Waals surface area contributed by atoms with E-state index in [4.69, 9.17) is 10.5 Å². The first-order chi connectivity index (χ1) is 12.8. The van der Waals surface area contributed by atoms with Gasteiger partial charge in [-0.25, -0.2) is 4.79 Å². The first kappa shape index (κ1) is 21.0. The van der Waals surface area contributed by atoms with E-state index >= 15 is 0 Å². The molecule has 1 saturated heterocycles. The van der Waals surface area contributed by atoms with Gasteiger partial charge in [-0.15, -0.1) is 0 Å². The number of nitrogens with zero attached hydrogens (tertiary/aromatic N) is 3. The molecule has 0 bridgehead atoms. The lowest BCUT2D eigenvalue weighted by Crippen LogP contribution is -2.50. The molecule has 3 N–H and O–H groups in total. The SMILES string of the molecule is CCc1cccc(NC(N)=NCCN2CCN(C(=O)OC(C)(C)C)CC2)c1. The van der Waals surface area contributed by atoms with E-state index < -0.39 is 5.60 Å². The zero-order chi connectivity index (χ0) is 19.9. The predicted molar refractivity (Wildman–Crippen MR) is 110 cm³/mol. The minimum atomic E-state index is -0.454. The molecule has 7 nitrogen and oxygen atoms in total. The lowest BCUT2D eigenvalue weighted by atomic mass is 10.1. The molecule has 1 heterocycles. The van der Waals surface area contributed by atoms with Crippen molar-refractivity contribution in [3.05, 3.63) is 29.8 Å². The zero-order valence-electron chi connectivity index (χ0n) is 17.0. The van der Waals surface area contributed by atoms with E-state index in [9.17, 15) is 4.79 Å². The molecule has 0 atom stereocenters. The molecular weight excluding hydrogens is 342 g/mol. The lowest BCUT2D eigenvalue weighted by Gasteiger charge is -2.35. The maximum Gasteiger partial charge on any atom is 0.410 e. The number of piperazine rings is 1. The fourth-order valence-electron chi connectivity index (χ4n) is 2.85. The number of ether oxygens (including phenoxy) is 1. The van der Waals surface area contributed by atoms with Gasteiger partial charge >= 0.3 is 6.09 Å². The molecule has 1 aliphatic rings. The van der Waals surface area contributed by atoms with Gasteiger partial charge in [0.25, 0.3) is 0 Å². The summed E-state index contributed by atoms with van der Waals surface area (Å²) in [4.78, 5) is 20.5. The van der Waals surface area contributed by atoms with E-state index in [1.807, 2.05) is 32.9 Å². The second-order valence-corrected chi connectivity index (χ2v) is 7.75. The van der Waals surface area contributed by atoms with Gasteiger partial charge in [-0.3, -0.25) is 9.89 Å². The van der Waals surface area contributed by atoms with Gasteiger partial charge in [0.05, 0.1) is 6.54 Å². The number of amides is 1. The van der Waals surface area contributed by atoms with Gasteiger partial charge in [-0.1, -0.05) is 19.1 Å². The number of carbonyl (C=O) groups is 1. The summed E-state index contributed by atoms with van der Waals surface area (Å²) in [6.07, 6.45) is 0.755. The number of nitrogens with two attached hydrogens (primary N) is 1. The Balaban J connectivity index is 1.71. The van der Waals surface area contributed by atoms with Gasteiger partial charge in [-0.05, 0) is 44.9 Å². The normalized spacial score (nSPS) is 16.3. The lowest BCUT2D eigenvalue weighted by molar-refractivity contribution is 0.0148. The van der Waals surface area contributed by atoms with Crippen LogP contribution in [-0.4, -0.2) is 66.7 Å². The van der Waals surface area contributed by atoms with E-state index in [0.29, 0.717) is 25.6 Å². The molecule has 0 spiro atoms. The summed E-state index contributed by atoms with van der Waals surface area (Å²) in [5.41, 5.74) is 7.75. The summed E-state index contributed by atoms with van der Waals surface area (Å²) in [7, 11) is 0. The largest absolute Gasteiger partial charge is 0.444 e. The fraction of sp³-hybridized carbons (Fsp3) is 0.600. The Kier molecular flexibility index (Phi) is 7.47. The van der Waals surface area contributed by atoms with Crippen molar-refractivity contribution in [1.29, 1.82) is 0 Å². The number of guanidine groups is 1. The van der Waals surface area contributed by atoms with Crippen molar-refractivity contribution in [3.8, 4) is 0 Å². The highest BCUT2D eigenvalue weighted by Gasteiger charge is 2.25. The van der Waals surface area contributed by atoms with Gasteiger partial charge in [0.1, 0.15) is 5.60 Å². The predicted octanol–water partition coefficient (Wildman–Crippen LogP) is 2.53. The number of rotatable bonds is 5. The molecule has 0 aliphatic carbocycles. The minimum absolute atomic E-state index is 0.233. The zero-order valence-corrected chi connectivity index (χ0v) is 17.0. The van der Waals surface area contributed by atoms with E-state index in [-0.39, 0.29) is 6.09 Å². The van der Waals surface area contributed by atoms with Gasteiger partial charge in [0.15, 0.2) is 5.96 Å². The van der Waals surface area contributed by atoms with Crippen molar-refractivity contribution in [2.75, 3.05) is 44.6 Å². The molecule has 1 amide bonds. The first-order valence-corrected chi connectivity index (χ1v) is 9.63. The van der Waals surface area contributed by atoms with E-state index in [0.717, 1.165) is 31.7 Å². The summed E-state index contributed by atoms with van der Waals surface area (Å²) < 4.78 is 5.42. The van der Waals surface area contributed by atoms with Gasteiger partial charge < -0.3 is 20.7 Å². The molecule has 150 valence electrons. The summed E-state index contributed by atoms with van der Waals surface area (Å²) in [6.45, 7) is 12.2. The average Bonchev–Trinajstić information content (AvgIpc) is 2.61. The molecule has 0 saturated carbocycles. The molecule has 1 aromatic carbocycles. The van der Waals surface area contributed by atoms with Crippen LogP contribution in [0.5, 0.6) is 0 Å². The highest BCUT2D eigenvalue weighted by atomic mass is 16.6. The smallest absolute Gasteiger partial charge is 0.410 e. The molecule has 1 aliphatic heterocycles. The van der Waals surface area contributed by atoms with Gasteiger partial charge in [0, 0.05) is 38.4 Å². The number of aryl methyl sites for hydroxylation is 1. The van der Waals surface area contributed by atoms with E-state index in [2.05, 4.69) is 34.3 Å². The molecule has 2 rings (SSSR count). The van der Waals surface area contributed by atoms with Crippen LogP contribution < -0.4 is 11.1 Å². The van der Waals surface area contributed by atoms with Crippen LogP contribution in [0.4, 0.5) is 10.5 Å². The Hall–Kier alpha value is -2.28. The van der Waals surface area contributed by atoms with Crippen LogP contribution in [-0.2, 0) is 11.2 Å². The molecule has 0 radical (unpaired) electrons. The van der Waals surface area contributed by atoms with Crippen LogP contribution in [0.15, 0.2) is 29.3 Å². The number of hydrogen-bond acceptors (Lipinski definition) is 4. The second-order valence-electron chi connectivity index (χ2n) is 7.75. The highest BCUT2D eigenvalue weighted by Crippen LogP contribution is 2.12. The quantitative estimate of drug-likeness (QED) is 0.610. The van der Waals surface area contributed by atoms with Crippen molar-refractivity contribution in [1.82, 2.24) is 9.80 Å². The minimum Gasteiger partial charge on any atom is -0.444 e. The fourth-order valence-corrected chi connectivity index (χ4v) is 2.85. The number of carbonyl (C=O) groups excluding carboxylic acids is 1. The molecular formula is C20H33N5O2. The Morgan fingerprint density at radius 1 is 1.26 bits per heavy atom. The van der Waals surface area contributed by atoms with Gasteiger partial charge in [0.2, 0.25) is 0 Å². The molecule has 7 heteroatoms. The van der Waals surface area contributed by atoms with Crippen LogP contribution in [0.3, 0.4) is 0 Å². The first-order valence-electron chi connectivity index (χ1n) is 9.63. The Bertz CT molecular complexity index is 646. The van der Waals surface area contributed by atoms with Crippen LogP contribution in [0.25, 0.3) is 0 Å². The number of benzene rings is 1. The van der Waals surface area contributed by atoms with Crippen molar-refractivity contribution < 1.29 is 9.53 Å². The van der Waals surface area contributed by atoms with Crippen LogP contribution in [0.1, 0.15) is 33.3 Å². The van der Waals surface area contributed by atoms with E-state index in [1.165, 1.54) is 5.56 Å². The Labute approximate surface area is 162 Å². The number of nitrogens with one attached hydrogen (secondary N) is 1. The van der Waals surface area contributed by atoms with Crippen molar-refractivity contribution in [2.45, 2.75) is 39.7 Å². The maximum atomic E-state index is 12.1. The van der Waals surface area contributed by atoms with Crippen LogP contribution in [0.2, 0.25) is 0 Å². The summed E-state index contributed by atoms with van der Waals surface area (Å²) in [5, 5.41) is 3.14.